The van der Waals surface area contributed by atoms with Gasteiger partial charge in [-0.15, -0.1) is 5.10 Å². The van der Waals surface area contributed by atoms with E-state index < -0.39 is 0 Å². The fourth-order valence-corrected chi connectivity index (χ4v) is 2.79. The first kappa shape index (κ1) is 18.6. The molecule has 1 N–H and O–H groups in total. The molecule has 8 nitrogen and oxygen atoms in total. The van der Waals surface area contributed by atoms with Crippen molar-refractivity contribution in [2.24, 2.45) is 0 Å². The molecule has 0 spiro atoms. The number of hydrogen-bond acceptors (Lipinski definition) is 6. The van der Waals surface area contributed by atoms with Crippen LogP contribution in [0.2, 0.25) is 5.02 Å². The summed E-state index contributed by atoms with van der Waals surface area (Å²) < 4.78 is 7.54. The van der Waals surface area contributed by atoms with Crippen LogP contribution in [0.25, 0.3) is 5.69 Å². The lowest BCUT2D eigenvalue weighted by Crippen LogP contribution is -2.14. The molecule has 0 saturated heterocycles. The number of benzene rings is 2. The van der Waals surface area contributed by atoms with Crippen LogP contribution in [0, 0.1) is 0 Å². The third-order valence-corrected chi connectivity index (χ3v) is 4.33. The van der Waals surface area contributed by atoms with Crippen LogP contribution in [-0.2, 0) is 6.61 Å². The highest BCUT2D eigenvalue weighted by atomic mass is 35.5. The van der Waals surface area contributed by atoms with Gasteiger partial charge in [0.2, 0.25) is 0 Å². The number of rotatable bonds is 6. The van der Waals surface area contributed by atoms with E-state index in [0.29, 0.717) is 27.7 Å². The summed E-state index contributed by atoms with van der Waals surface area (Å²) in [4.78, 5) is 16.5. The van der Waals surface area contributed by atoms with Gasteiger partial charge in [-0.1, -0.05) is 29.8 Å². The fourth-order valence-electron chi connectivity index (χ4n) is 2.66. The zero-order valence-corrected chi connectivity index (χ0v) is 15.8. The number of carbonyl (C=O) groups excluding carboxylic acids is 1. The number of halogens is 1. The summed E-state index contributed by atoms with van der Waals surface area (Å²) in [5.74, 6) is 0.162. The summed E-state index contributed by atoms with van der Waals surface area (Å²) in [6.07, 6.45) is 4.58. The average Bonchev–Trinajstić information content (AvgIpc) is 3.29. The van der Waals surface area contributed by atoms with Gasteiger partial charge in [-0.3, -0.25) is 9.78 Å². The third kappa shape index (κ3) is 4.39. The molecule has 0 radical (unpaired) electrons. The first-order valence-electron chi connectivity index (χ1n) is 8.66. The number of para-hydroxylation sites is 1. The SMILES string of the molecule is O=C(Nc1cccc(-n2cnnn2)c1OCc1ccc(Cl)cc1)c1ccncc1. The maximum absolute atomic E-state index is 12.6. The molecule has 0 unspecified atom stereocenters. The standard InChI is InChI=1S/C20H15ClN6O2/c21-16-6-4-14(5-7-16)12-29-19-17(24-20(28)15-8-10-22-11-9-15)2-1-3-18(19)27-13-23-25-26-27/h1-11,13H,12H2,(H,24,28). The van der Waals surface area contributed by atoms with Crippen LogP contribution in [-0.4, -0.2) is 31.1 Å². The lowest BCUT2D eigenvalue weighted by molar-refractivity contribution is 0.102. The predicted octanol–water partition coefficient (Wildman–Crippen LogP) is 3.54. The summed E-state index contributed by atoms with van der Waals surface area (Å²) in [5, 5.41) is 14.8. The lowest BCUT2D eigenvalue weighted by atomic mass is 10.2. The summed E-state index contributed by atoms with van der Waals surface area (Å²) >= 11 is 5.94. The van der Waals surface area contributed by atoms with Crippen molar-refractivity contribution in [3.05, 3.63) is 89.5 Å². The second-order valence-corrected chi connectivity index (χ2v) is 6.45. The van der Waals surface area contributed by atoms with Gasteiger partial charge >= 0.3 is 0 Å². The molecular weight excluding hydrogens is 392 g/mol. The van der Waals surface area contributed by atoms with Gasteiger partial charge in [0.25, 0.3) is 5.91 Å². The molecule has 0 aliphatic rings. The van der Waals surface area contributed by atoms with Gasteiger partial charge in [0.15, 0.2) is 5.75 Å². The predicted molar refractivity (Wildman–Crippen MR) is 107 cm³/mol. The van der Waals surface area contributed by atoms with Crippen LogP contribution in [0.5, 0.6) is 5.75 Å². The van der Waals surface area contributed by atoms with Crippen LogP contribution < -0.4 is 10.1 Å². The normalized spacial score (nSPS) is 10.5. The van der Waals surface area contributed by atoms with E-state index in [0.717, 1.165) is 5.56 Å². The highest BCUT2D eigenvalue weighted by Crippen LogP contribution is 2.32. The summed E-state index contributed by atoms with van der Waals surface area (Å²) in [6, 6.07) is 15.9. The molecule has 0 saturated carbocycles. The van der Waals surface area contributed by atoms with Crippen molar-refractivity contribution in [2.45, 2.75) is 6.61 Å². The minimum atomic E-state index is -0.280. The molecule has 1 amide bonds. The van der Waals surface area contributed by atoms with Gasteiger partial charge in [0.1, 0.15) is 18.6 Å². The van der Waals surface area contributed by atoms with Crippen molar-refractivity contribution in [2.75, 3.05) is 5.32 Å². The molecule has 9 heteroatoms. The van der Waals surface area contributed by atoms with Crippen molar-refractivity contribution in [3.63, 3.8) is 0 Å². The summed E-state index contributed by atoms with van der Waals surface area (Å²) in [6.45, 7) is 0.272. The molecule has 0 bridgehead atoms. The van der Waals surface area contributed by atoms with Crippen molar-refractivity contribution in [1.29, 1.82) is 0 Å². The number of anilines is 1. The minimum absolute atomic E-state index is 0.272. The number of hydrogen-bond donors (Lipinski definition) is 1. The van der Waals surface area contributed by atoms with Crippen molar-refractivity contribution >= 4 is 23.2 Å². The molecule has 4 rings (SSSR count). The molecule has 4 aromatic rings. The van der Waals surface area contributed by atoms with Crippen LogP contribution >= 0.6 is 11.6 Å². The number of ether oxygens (including phenoxy) is 1. The van der Waals surface area contributed by atoms with E-state index in [1.807, 2.05) is 12.1 Å². The Morgan fingerprint density at radius 2 is 1.86 bits per heavy atom. The maximum atomic E-state index is 12.6. The summed E-state index contributed by atoms with van der Waals surface area (Å²) in [5.41, 5.74) is 2.49. The summed E-state index contributed by atoms with van der Waals surface area (Å²) in [7, 11) is 0. The monoisotopic (exact) mass is 406 g/mol. The number of nitrogens with one attached hydrogen (secondary N) is 1. The number of pyridine rings is 1. The topological polar surface area (TPSA) is 94.8 Å². The van der Waals surface area contributed by atoms with Gasteiger partial charge in [-0.2, -0.15) is 4.68 Å². The van der Waals surface area contributed by atoms with E-state index >= 15 is 0 Å². The first-order chi connectivity index (χ1) is 14.2. The zero-order valence-electron chi connectivity index (χ0n) is 15.1. The van der Waals surface area contributed by atoms with Crippen molar-refractivity contribution in [1.82, 2.24) is 25.2 Å². The number of carbonyl (C=O) groups is 1. The zero-order chi connectivity index (χ0) is 20.1. The second-order valence-electron chi connectivity index (χ2n) is 6.01. The Morgan fingerprint density at radius 3 is 2.59 bits per heavy atom. The average molecular weight is 407 g/mol. The van der Waals surface area contributed by atoms with E-state index in [9.17, 15) is 4.79 Å². The molecule has 0 fully saturated rings. The number of amides is 1. The third-order valence-electron chi connectivity index (χ3n) is 4.08. The first-order valence-corrected chi connectivity index (χ1v) is 9.03. The van der Waals surface area contributed by atoms with Gasteiger partial charge in [0, 0.05) is 23.0 Å². The smallest absolute Gasteiger partial charge is 0.255 e. The Kier molecular flexibility index (Phi) is 5.44. The van der Waals surface area contributed by atoms with Gasteiger partial charge in [-0.05, 0) is 52.4 Å². The van der Waals surface area contributed by atoms with Crippen LogP contribution in [0.15, 0.2) is 73.3 Å². The Bertz CT molecular complexity index is 1100. The molecule has 0 aliphatic heterocycles. The largest absolute Gasteiger partial charge is 0.484 e. The van der Waals surface area contributed by atoms with Crippen LogP contribution in [0.1, 0.15) is 15.9 Å². The van der Waals surface area contributed by atoms with Gasteiger partial charge in [-0.25, -0.2) is 0 Å². The molecule has 0 atom stereocenters. The molecule has 0 aliphatic carbocycles. The Hall–Kier alpha value is -3.78. The maximum Gasteiger partial charge on any atom is 0.255 e. The van der Waals surface area contributed by atoms with E-state index in [4.69, 9.17) is 16.3 Å². The quantitative estimate of drug-likeness (QED) is 0.526. The molecule has 144 valence electrons. The van der Waals surface area contributed by atoms with Crippen LogP contribution in [0.4, 0.5) is 5.69 Å². The lowest BCUT2D eigenvalue weighted by Gasteiger charge is -2.16. The van der Waals surface area contributed by atoms with Gasteiger partial charge in [0.05, 0.1) is 5.69 Å². The van der Waals surface area contributed by atoms with E-state index in [-0.39, 0.29) is 12.5 Å². The molecule has 2 aromatic carbocycles. The van der Waals surface area contributed by atoms with E-state index in [2.05, 4.69) is 25.8 Å². The van der Waals surface area contributed by atoms with Gasteiger partial charge < -0.3 is 10.1 Å². The van der Waals surface area contributed by atoms with Crippen LogP contribution in [0.3, 0.4) is 0 Å². The van der Waals surface area contributed by atoms with Crippen molar-refractivity contribution < 1.29 is 9.53 Å². The molecular formula is C20H15ClN6O2. The minimum Gasteiger partial charge on any atom is -0.484 e. The Labute approximate surface area is 171 Å². The fraction of sp³-hybridized carbons (Fsp3) is 0.0500. The second kappa shape index (κ2) is 8.49. The van der Waals surface area contributed by atoms with E-state index in [1.54, 1.807) is 54.9 Å². The van der Waals surface area contributed by atoms with Crippen molar-refractivity contribution in [3.8, 4) is 11.4 Å². The molecule has 2 heterocycles. The highest BCUT2D eigenvalue weighted by Gasteiger charge is 2.16. The Balaban J connectivity index is 1.65. The number of nitrogens with zero attached hydrogens (tertiary/aromatic N) is 5. The highest BCUT2D eigenvalue weighted by molar-refractivity contribution is 6.30. The van der Waals surface area contributed by atoms with E-state index in [1.165, 1.54) is 11.0 Å². The number of aromatic nitrogens is 5. The Morgan fingerprint density at radius 1 is 1.07 bits per heavy atom. The molecule has 2 aromatic heterocycles. The molecule has 29 heavy (non-hydrogen) atoms. The number of tetrazole rings is 1.